The van der Waals surface area contributed by atoms with E-state index in [0.717, 1.165) is 70.2 Å². The molecule has 240 valence electrons. The van der Waals surface area contributed by atoms with E-state index in [0.29, 0.717) is 40.2 Å². The second kappa shape index (κ2) is 15.8. The lowest BCUT2D eigenvalue weighted by Gasteiger charge is -2.28. The zero-order valence-electron chi connectivity index (χ0n) is 25.0. The molecule has 2 heterocycles. The number of rotatable bonds is 6. The molecule has 2 aliphatic rings. The van der Waals surface area contributed by atoms with E-state index in [9.17, 15) is 0 Å². The van der Waals surface area contributed by atoms with Crippen LogP contribution in [0.2, 0.25) is 40.2 Å². The Hall–Kier alpha value is 1.18. The quantitative estimate of drug-likeness (QED) is 0.251. The molecule has 2 aromatic rings. The zero-order valence-corrected chi connectivity index (χ0v) is 32.5. The Kier molecular flexibility index (Phi) is 15.5. The van der Waals surface area contributed by atoms with Crippen LogP contribution in [0.4, 0.5) is 0 Å². The van der Waals surface area contributed by atoms with Gasteiger partial charge in [-0.05, 0) is 36.3 Å². The van der Waals surface area contributed by atoms with Crippen LogP contribution in [0.25, 0.3) is 0 Å². The van der Waals surface area contributed by atoms with Gasteiger partial charge in [0.1, 0.15) is 0 Å². The summed E-state index contributed by atoms with van der Waals surface area (Å²) in [5, 5.41) is 3.62. The molecule has 14 heteroatoms. The number of nitrogens with zero attached hydrogens (tertiary/aromatic N) is 4. The lowest BCUT2D eigenvalue weighted by Crippen LogP contribution is -3.00. The van der Waals surface area contributed by atoms with Crippen molar-refractivity contribution in [1.82, 2.24) is 9.80 Å². The fourth-order valence-corrected chi connectivity index (χ4v) is 7.49. The first-order chi connectivity index (χ1) is 18.3. The molecular formula is C28H38Cl10N4. The largest absolute Gasteiger partial charge is 1.00 e. The molecule has 2 unspecified atom stereocenters. The van der Waals surface area contributed by atoms with E-state index < -0.39 is 0 Å². The van der Waals surface area contributed by atoms with Gasteiger partial charge < -0.3 is 33.8 Å². The van der Waals surface area contributed by atoms with Crippen molar-refractivity contribution >= 4 is 92.8 Å². The first-order valence-corrected chi connectivity index (χ1v) is 16.0. The van der Waals surface area contributed by atoms with E-state index in [1.165, 1.54) is 0 Å². The number of benzene rings is 2. The second-order valence-corrected chi connectivity index (χ2v) is 15.8. The monoisotopic (exact) mass is 780 g/mol. The molecule has 2 atom stereocenters. The second-order valence-electron chi connectivity index (χ2n) is 12.8. The van der Waals surface area contributed by atoms with Crippen LogP contribution in [0.3, 0.4) is 0 Å². The highest BCUT2D eigenvalue weighted by Gasteiger charge is 2.36. The van der Waals surface area contributed by atoms with Crippen molar-refractivity contribution in [2.75, 3.05) is 69.5 Å². The molecule has 0 saturated heterocycles. The lowest BCUT2D eigenvalue weighted by molar-refractivity contribution is -0.870. The molecule has 0 bridgehead atoms. The first-order valence-electron chi connectivity index (χ1n) is 13.0. The summed E-state index contributed by atoms with van der Waals surface area (Å²) in [6.45, 7) is 3.60. The summed E-state index contributed by atoms with van der Waals surface area (Å²) in [6, 6.07) is 0.476. The first kappa shape index (κ1) is 41.2. The van der Waals surface area contributed by atoms with Crippen molar-refractivity contribution in [3.8, 4) is 0 Å². The maximum absolute atomic E-state index is 6.42. The van der Waals surface area contributed by atoms with E-state index in [4.69, 9.17) is 92.8 Å². The van der Waals surface area contributed by atoms with E-state index in [2.05, 4.69) is 66.2 Å². The van der Waals surface area contributed by atoms with E-state index in [1.54, 1.807) is 0 Å². The molecule has 0 N–H and O–H groups in total. The van der Waals surface area contributed by atoms with Gasteiger partial charge in [0.15, 0.2) is 0 Å². The third-order valence-corrected chi connectivity index (χ3v) is 11.2. The Morgan fingerprint density at radius 1 is 0.500 bits per heavy atom. The van der Waals surface area contributed by atoms with Crippen molar-refractivity contribution in [2.24, 2.45) is 0 Å². The maximum Gasteiger partial charge on any atom is 0.0798 e. The highest BCUT2D eigenvalue weighted by atomic mass is 35.5. The lowest BCUT2D eigenvalue weighted by atomic mass is 10.0. The van der Waals surface area contributed by atoms with Crippen LogP contribution in [0.1, 0.15) is 47.2 Å². The van der Waals surface area contributed by atoms with Crippen molar-refractivity contribution in [3.63, 3.8) is 0 Å². The molecular weight excluding hydrogens is 747 g/mol. The third-order valence-electron chi connectivity index (χ3n) is 7.50. The molecule has 2 aliphatic heterocycles. The molecule has 0 aromatic heterocycles. The predicted molar refractivity (Wildman–Crippen MR) is 176 cm³/mol. The molecule has 0 amide bonds. The van der Waals surface area contributed by atoms with Crippen LogP contribution in [0.15, 0.2) is 0 Å². The average Bonchev–Trinajstić information content (AvgIpc) is 3.36. The summed E-state index contributed by atoms with van der Waals surface area (Å²) < 4.78 is 1.82. The molecule has 0 fully saturated rings. The zero-order chi connectivity index (χ0) is 30.5. The molecule has 4 nitrogen and oxygen atoms in total. The Balaban J connectivity index is 0.000000401. The van der Waals surface area contributed by atoms with Crippen LogP contribution >= 0.6 is 92.8 Å². The van der Waals surface area contributed by atoms with Gasteiger partial charge >= 0.3 is 0 Å². The van der Waals surface area contributed by atoms with Gasteiger partial charge in [0.05, 0.1) is 95.6 Å². The predicted octanol–water partition coefficient (Wildman–Crippen LogP) is 3.77. The van der Waals surface area contributed by atoms with E-state index >= 15 is 0 Å². The van der Waals surface area contributed by atoms with Crippen LogP contribution in [0, 0.1) is 0 Å². The van der Waals surface area contributed by atoms with Crippen LogP contribution in [-0.2, 0) is 13.1 Å². The molecule has 0 spiro atoms. The molecule has 0 aliphatic carbocycles. The van der Waals surface area contributed by atoms with Gasteiger partial charge in [0, 0.05) is 38.0 Å². The van der Waals surface area contributed by atoms with Crippen molar-refractivity contribution in [2.45, 2.75) is 38.0 Å². The topological polar surface area (TPSA) is 6.48 Å². The maximum atomic E-state index is 6.42. The highest BCUT2D eigenvalue weighted by molar-refractivity contribution is 6.53. The standard InChI is InChI=1S/2C14H19Cl4N2.2ClH/c2*1-19-7-8-10(9(19)5-6-20(2,3)4)12(16)14(18)13(17)11(8)15;;/h2*9H,5-7H2,1-4H3;2*1H/q2*+1;;/p-2. The van der Waals surface area contributed by atoms with Crippen molar-refractivity contribution in [3.05, 3.63) is 62.4 Å². The SMILES string of the molecule is CN1Cc2c(Cl)c(Cl)c(Cl)c(Cl)c2C1CC[N+](C)(C)C.CN1Cc2c(Cl)c(Cl)c(Cl)c(Cl)c2C1CC[N+](C)(C)C.[Cl-].[Cl-]. The number of halogens is 10. The summed E-state index contributed by atoms with van der Waals surface area (Å²) in [5.41, 5.74) is 4.11. The fourth-order valence-electron chi connectivity index (χ4n) is 5.30. The molecule has 42 heavy (non-hydrogen) atoms. The minimum atomic E-state index is 0. The molecule has 2 aromatic carbocycles. The van der Waals surface area contributed by atoms with Crippen LogP contribution < -0.4 is 24.8 Å². The van der Waals surface area contributed by atoms with Crippen molar-refractivity contribution in [1.29, 1.82) is 0 Å². The number of fused-ring (bicyclic) bond motifs is 2. The van der Waals surface area contributed by atoms with E-state index in [1.807, 2.05) is 0 Å². The van der Waals surface area contributed by atoms with Crippen LogP contribution in [0.5, 0.6) is 0 Å². The highest BCUT2D eigenvalue weighted by Crippen LogP contribution is 2.50. The third kappa shape index (κ3) is 9.16. The van der Waals surface area contributed by atoms with Crippen LogP contribution in [-0.4, -0.2) is 88.2 Å². The Morgan fingerprint density at radius 2 is 0.762 bits per heavy atom. The summed E-state index contributed by atoms with van der Waals surface area (Å²) >= 11 is 50.2. The van der Waals surface area contributed by atoms with Gasteiger partial charge in [-0.2, -0.15) is 0 Å². The van der Waals surface area contributed by atoms with Gasteiger partial charge in [0.25, 0.3) is 0 Å². The minimum Gasteiger partial charge on any atom is -1.00 e. The van der Waals surface area contributed by atoms with Gasteiger partial charge in [-0.1, -0.05) is 92.8 Å². The summed E-state index contributed by atoms with van der Waals surface area (Å²) in [6.07, 6.45) is 2.00. The number of hydrogen-bond acceptors (Lipinski definition) is 2. The van der Waals surface area contributed by atoms with Crippen molar-refractivity contribution < 1.29 is 33.8 Å². The smallest absolute Gasteiger partial charge is 0.0798 e. The number of quaternary nitrogens is 2. The Labute approximate surface area is 304 Å². The summed E-state index contributed by atoms with van der Waals surface area (Å²) in [5.74, 6) is 0. The molecule has 0 radical (unpaired) electrons. The Morgan fingerprint density at radius 3 is 1.02 bits per heavy atom. The van der Waals surface area contributed by atoms with Gasteiger partial charge in [0.2, 0.25) is 0 Å². The fraction of sp³-hybridized carbons (Fsp3) is 0.571. The number of hydrogen-bond donors (Lipinski definition) is 0. The Bertz CT molecular complexity index is 1180. The van der Waals surface area contributed by atoms with Gasteiger partial charge in [-0.15, -0.1) is 0 Å². The molecule has 4 rings (SSSR count). The summed E-state index contributed by atoms with van der Waals surface area (Å²) in [7, 11) is 17.2. The van der Waals surface area contributed by atoms with Gasteiger partial charge in [-0.25, -0.2) is 0 Å². The average molecular weight is 785 g/mol. The summed E-state index contributed by atoms with van der Waals surface area (Å²) in [4.78, 5) is 4.51. The normalized spacial score (nSPS) is 18.6. The van der Waals surface area contributed by atoms with E-state index in [-0.39, 0.29) is 36.9 Å². The van der Waals surface area contributed by atoms with Gasteiger partial charge in [-0.3, -0.25) is 9.80 Å². The minimum absolute atomic E-state index is 0. The molecule has 0 saturated carbocycles.